The number of carbonyl (C=O) groups is 1. The third kappa shape index (κ3) is 2.86. The second kappa shape index (κ2) is 6.08. The number of likely N-dealkylation sites (tertiary alicyclic amines) is 1. The van der Waals surface area contributed by atoms with Gasteiger partial charge in [-0.25, -0.2) is 4.98 Å². The molecule has 22 heavy (non-hydrogen) atoms. The highest BCUT2D eigenvalue weighted by Gasteiger charge is 2.34. The van der Waals surface area contributed by atoms with Crippen molar-refractivity contribution in [2.45, 2.75) is 33.3 Å². The molecule has 0 unspecified atom stereocenters. The van der Waals surface area contributed by atoms with Gasteiger partial charge in [-0.05, 0) is 31.9 Å². The van der Waals surface area contributed by atoms with Gasteiger partial charge in [0.25, 0.3) is 5.91 Å². The molecule has 5 heteroatoms. The van der Waals surface area contributed by atoms with E-state index in [1.165, 1.54) is 16.9 Å². The van der Waals surface area contributed by atoms with Crippen molar-refractivity contribution >= 4 is 17.2 Å². The maximum atomic E-state index is 12.4. The lowest BCUT2D eigenvalue weighted by Crippen LogP contribution is -2.56. The van der Waals surface area contributed by atoms with Crippen LogP contribution in [0.1, 0.15) is 32.9 Å². The molecule has 3 rings (SSSR count). The Balaban J connectivity index is 1.60. The minimum absolute atomic E-state index is 0.0757. The number of para-hydroxylation sites is 1. The third-order valence-corrected chi connectivity index (χ3v) is 4.94. The predicted molar refractivity (Wildman–Crippen MR) is 87.7 cm³/mol. The van der Waals surface area contributed by atoms with Crippen LogP contribution in [0, 0.1) is 13.8 Å². The SMILES string of the molecule is CCc1ccccc1OC1CN(C(=O)c2sc(C)nc2C)C1. The summed E-state index contributed by atoms with van der Waals surface area (Å²) in [5, 5.41) is 0.936. The molecule has 2 heterocycles. The number of aromatic nitrogens is 1. The highest BCUT2D eigenvalue weighted by Crippen LogP contribution is 2.26. The number of hydrogen-bond donors (Lipinski definition) is 0. The Morgan fingerprint density at radius 1 is 1.36 bits per heavy atom. The first-order valence-electron chi connectivity index (χ1n) is 7.56. The fourth-order valence-electron chi connectivity index (χ4n) is 2.64. The molecule has 1 aliphatic rings. The highest BCUT2D eigenvalue weighted by molar-refractivity contribution is 7.13. The molecule has 4 nitrogen and oxygen atoms in total. The van der Waals surface area contributed by atoms with Gasteiger partial charge in [0, 0.05) is 0 Å². The van der Waals surface area contributed by atoms with E-state index < -0.39 is 0 Å². The van der Waals surface area contributed by atoms with Crippen LogP contribution in [0.25, 0.3) is 0 Å². The first-order valence-corrected chi connectivity index (χ1v) is 8.38. The molecule has 0 radical (unpaired) electrons. The maximum Gasteiger partial charge on any atom is 0.266 e. The smallest absolute Gasteiger partial charge is 0.266 e. The van der Waals surface area contributed by atoms with Gasteiger partial charge in [-0.1, -0.05) is 25.1 Å². The molecule has 0 atom stereocenters. The summed E-state index contributed by atoms with van der Waals surface area (Å²) < 4.78 is 6.02. The van der Waals surface area contributed by atoms with Crippen LogP contribution in [0.5, 0.6) is 5.75 Å². The molecule has 0 saturated carbocycles. The first-order chi connectivity index (χ1) is 10.6. The fraction of sp³-hybridized carbons (Fsp3) is 0.412. The lowest BCUT2D eigenvalue weighted by molar-refractivity contribution is 0.0177. The van der Waals surface area contributed by atoms with Crippen LogP contribution in [0.4, 0.5) is 0 Å². The van der Waals surface area contributed by atoms with E-state index in [4.69, 9.17) is 4.74 Å². The van der Waals surface area contributed by atoms with Crippen LogP contribution in [-0.4, -0.2) is 35.0 Å². The molecule has 116 valence electrons. The average Bonchev–Trinajstić information content (AvgIpc) is 2.81. The van der Waals surface area contributed by atoms with Crippen LogP contribution in [0.2, 0.25) is 0 Å². The van der Waals surface area contributed by atoms with Crippen molar-refractivity contribution in [3.8, 4) is 5.75 Å². The van der Waals surface area contributed by atoms with E-state index in [9.17, 15) is 4.79 Å². The normalized spacial score (nSPS) is 14.8. The number of thiazole rings is 1. The first kappa shape index (κ1) is 15.0. The van der Waals surface area contributed by atoms with Crippen molar-refractivity contribution in [2.24, 2.45) is 0 Å². The fourth-order valence-corrected chi connectivity index (χ4v) is 3.53. The van der Waals surface area contributed by atoms with Gasteiger partial charge >= 0.3 is 0 Å². The Kier molecular flexibility index (Phi) is 4.16. The van der Waals surface area contributed by atoms with Crippen LogP contribution in [0.3, 0.4) is 0 Å². The zero-order valence-corrected chi connectivity index (χ0v) is 13.9. The zero-order chi connectivity index (χ0) is 15.7. The molecule has 0 spiro atoms. The van der Waals surface area contributed by atoms with Gasteiger partial charge in [0.15, 0.2) is 0 Å². The molecule has 0 bridgehead atoms. The summed E-state index contributed by atoms with van der Waals surface area (Å²) in [7, 11) is 0. The Bertz CT molecular complexity index is 690. The average molecular weight is 316 g/mol. The summed E-state index contributed by atoms with van der Waals surface area (Å²) in [6.45, 7) is 7.23. The number of carbonyl (C=O) groups excluding carboxylic acids is 1. The molecule has 1 aromatic carbocycles. The Morgan fingerprint density at radius 2 is 2.09 bits per heavy atom. The molecule has 1 aromatic heterocycles. The summed E-state index contributed by atoms with van der Waals surface area (Å²) >= 11 is 1.47. The van der Waals surface area contributed by atoms with Gasteiger partial charge < -0.3 is 9.64 Å². The minimum atomic E-state index is 0.0757. The van der Waals surface area contributed by atoms with Crippen molar-refractivity contribution in [1.82, 2.24) is 9.88 Å². The van der Waals surface area contributed by atoms with Gasteiger partial charge in [-0.2, -0.15) is 0 Å². The van der Waals surface area contributed by atoms with E-state index >= 15 is 0 Å². The number of aryl methyl sites for hydroxylation is 3. The van der Waals surface area contributed by atoms with Gasteiger partial charge in [0.05, 0.1) is 23.8 Å². The number of hydrogen-bond acceptors (Lipinski definition) is 4. The van der Waals surface area contributed by atoms with Gasteiger partial charge in [-0.3, -0.25) is 4.79 Å². The van der Waals surface area contributed by atoms with E-state index in [-0.39, 0.29) is 12.0 Å². The standard InChI is InChI=1S/C17H20N2O2S/c1-4-13-7-5-6-8-15(13)21-14-9-19(10-14)17(20)16-11(2)18-12(3)22-16/h5-8,14H,4,9-10H2,1-3H3. The van der Waals surface area contributed by atoms with Gasteiger partial charge in [0.1, 0.15) is 16.7 Å². The van der Waals surface area contributed by atoms with E-state index in [1.807, 2.05) is 36.9 Å². The second-order valence-electron chi connectivity index (χ2n) is 5.56. The second-order valence-corrected chi connectivity index (χ2v) is 6.76. The summed E-state index contributed by atoms with van der Waals surface area (Å²) in [5.41, 5.74) is 2.04. The third-order valence-electron chi connectivity index (χ3n) is 3.88. The van der Waals surface area contributed by atoms with Crippen LogP contribution >= 0.6 is 11.3 Å². The largest absolute Gasteiger partial charge is 0.486 e. The Hall–Kier alpha value is -1.88. The zero-order valence-electron chi connectivity index (χ0n) is 13.1. The minimum Gasteiger partial charge on any atom is -0.486 e. The van der Waals surface area contributed by atoms with Crippen LogP contribution < -0.4 is 4.74 Å². The van der Waals surface area contributed by atoms with Crippen molar-refractivity contribution in [3.63, 3.8) is 0 Å². The van der Waals surface area contributed by atoms with Gasteiger partial charge in [0.2, 0.25) is 0 Å². The van der Waals surface area contributed by atoms with E-state index in [2.05, 4.69) is 18.0 Å². The molecule has 1 amide bonds. The number of nitrogens with zero attached hydrogens (tertiary/aromatic N) is 2. The van der Waals surface area contributed by atoms with Crippen molar-refractivity contribution in [3.05, 3.63) is 45.4 Å². The van der Waals surface area contributed by atoms with E-state index in [0.717, 1.165) is 27.7 Å². The number of amides is 1. The lowest BCUT2D eigenvalue weighted by atomic mass is 10.1. The quantitative estimate of drug-likeness (QED) is 0.870. The topological polar surface area (TPSA) is 42.4 Å². The molecular formula is C17H20N2O2S. The Morgan fingerprint density at radius 3 is 2.73 bits per heavy atom. The summed E-state index contributed by atoms with van der Waals surface area (Å²) in [5.74, 6) is 1.01. The number of rotatable bonds is 4. The summed E-state index contributed by atoms with van der Waals surface area (Å²) in [6.07, 6.45) is 1.04. The molecular weight excluding hydrogens is 296 g/mol. The van der Waals surface area contributed by atoms with Crippen molar-refractivity contribution < 1.29 is 9.53 Å². The number of benzene rings is 1. The van der Waals surface area contributed by atoms with E-state index in [1.54, 1.807) is 0 Å². The summed E-state index contributed by atoms with van der Waals surface area (Å²) in [6, 6.07) is 8.09. The molecule has 1 aliphatic heterocycles. The molecule has 0 aliphatic carbocycles. The monoisotopic (exact) mass is 316 g/mol. The highest BCUT2D eigenvalue weighted by atomic mass is 32.1. The summed E-state index contributed by atoms with van der Waals surface area (Å²) in [4.78, 5) is 19.3. The maximum absolute atomic E-state index is 12.4. The van der Waals surface area contributed by atoms with Crippen molar-refractivity contribution in [2.75, 3.05) is 13.1 Å². The van der Waals surface area contributed by atoms with Gasteiger partial charge in [-0.15, -0.1) is 11.3 Å². The van der Waals surface area contributed by atoms with Crippen LogP contribution in [-0.2, 0) is 6.42 Å². The molecule has 1 fully saturated rings. The predicted octanol–water partition coefficient (Wildman–Crippen LogP) is 3.23. The molecule has 2 aromatic rings. The Labute approximate surface area is 134 Å². The van der Waals surface area contributed by atoms with E-state index in [0.29, 0.717) is 13.1 Å². The lowest BCUT2D eigenvalue weighted by Gasteiger charge is -2.39. The van der Waals surface area contributed by atoms with Crippen molar-refractivity contribution in [1.29, 1.82) is 0 Å². The van der Waals surface area contributed by atoms with Crippen LogP contribution in [0.15, 0.2) is 24.3 Å². The molecule has 0 N–H and O–H groups in total. The number of ether oxygens (including phenoxy) is 1. The molecule has 1 saturated heterocycles.